The minimum atomic E-state index is -0.595. The number of halogens is 2. The second-order valence-corrected chi connectivity index (χ2v) is 7.49. The summed E-state index contributed by atoms with van der Waals surface area (Å²) in [7, 11) is 0. The van der Waals surface area contributed by atoms with Gasteiger partial charge in [-0.1, -0.05) is 29.8 Å². The van der Waals surface area contributed by atoms with Crippen LogP contribution in [-0.2, 0) is 16.1 Å². The van der Waals surface area contributed by atoms with Crippen LogP contribution < -0.4 is 10.9 Å². The van der Waals surface area contributed by atoms with E-state index in [1.54, 1.807) is 29.2 Å². The molecule has 1 saturated heterocycles. The molecule has 2 amide bonds. The maximum atomic E-state index is 13.3. The Balaban J connectivity index is 1.65. The molecule has 31 heavy (non-hydrogen) atoms. The van der Waals surface area contributed by atoms with E-state index in [1.165, 1.54) is 22.8 Å². The second kappa shape index (κ2) is 8.87. The summed E-state index contributed by atoms with van der Waals surface area (Å²) < 4.78 is 19.9. The third-order valence-electron chi connectivity index (χ3n) is 5.05. The van der Waals surface area contributed by atoms with Crippen molar-refractivity contribution in [1.82, 2.24) is 9.47 Å². The maximum Gasteiger partial charge on any atom is 0.254 e. The number of morpholine rings is 1. The summed E-state index contributed by atoms with van der Waals surface area (Å²) in [5.41, 5.74) is 0.610. The number of anilines is 1. The van der Waals surface area contributed by atoms with Crippen molar-refractivity contribution in [3.63, 3.8) is 0 Å². The van der Waals surface area contributed by atoms with Crippen molar-refractivity contribution in [1.29, 1.82) is 0 Å². The molecular weight excluding hydrogens is 425 g/mol. The standard InChI is InChI=1S/C22H19ClFN3O4/c23-17-11-14(5-6-18(17)24)25-20(28)13-27-19-4-2-1-3-15(19)16(12-21(27)29)22(30)26-7-9-31-10-8-26/h1-6,11-12H,7-10,13H2,(H,25,28). The molecule has 0 aliphatic carbocycles. The van der Waals surface area contributed by atoms with Crippen molar-refractivity contribution < 1.29 is 18.7 Å². The Hall–Kier alpha value is -3.23. The zero-order valence-electron chi connectivity index (χ0n) is 16.4. The minimum Gasteiger partial charge on any atom is -0.378 e. The third kappa shape index (κ3) is 4.45. The largest absolute Gasteiger partial charge is 0.378 e. The molecule has 0 bridgehead atoms. The molecule has 4 rings (SSSR count). The van der Waals surface area contributed by atoms with Crippen molar-refractivity contribution >= 4 is 40.0 Å². The van der Waals surface area contributed by atoms with Crippen LogP contribution in [0.5, 0.6) is 0 Å². The van der Waals surface area contributed by atoms with Crippen LogP contribution in [-0.4, -0.2) is 47.6 Å². The number of nitrogens with one attached hydrogen (secondary N) is 1. The molecule has 2 aromatic carbocycles. The minimum absolute atomic E-state index is 0.119. The SMILES string of the molecule is O=C(Cn1c(=O)cc(C(=O)N2CCOCC2)c2ccccc21)Nc1ccc(F)c(Cl)c1. The van der Waals surface area contributed by atoms with Gasteiger partial charge in [0.1, 0.15) is 12.4 Å². The smallest absolute Gasteiger partial charge is 0.254 e. The van der Waals surface area contributed by atoms with Crippen LogP contribution >= 0.6 is 11.6 Å². The molecule has 0 saturated carbocycles. The van der Waals surface area contributed by atoms with Crippen molar-refractivity contribution in [3.05, 3.63) is 75.3 Å². The Bertz CT molecular complexity index is 1220. The average molecular weight is 444 g/mol. The number of amides is 2. The number of ether oxygens (including phenoxy) is 1. The Morgan fingerprint density at radius 1 is 1.10 bits per heavy atom. The summed E-state index contributed by atoms with van der Waals surface area (Å²) >= 11 is 5.75. The number of fused-ring (bicyclic) bond motifs is 1. The van der Waals surface area contributed by atoms with Gasteiger partial charge in [0.15, 0.2) is 0 Å². The predicted octanol–water partition coefficient (Wildman–Crippen LogP) is 2.91. The first-order valence-electron chi connectivity index (χ1n) is 9.68. The van der Waals surface area contributed by atoms with Crippen molar-refractivity contribution in [3.8, 4) is 0 Å². The molecule has 7 nitrogen and oxygen atoms in total. The Morgan fingerprint density at radius 3 is 2.58 bits per heavy atom. The monoisotopic (exact) mass is 443 g/mol. The molecule has 0 radical (unpaired) electrons. The molecule has 1 aliphatic heterocycles. The Kier molecular flexibility index (Phi) is 6.01. The highest BCUT2D eigenvalue weighted by Gasteiger charge is 2.22. The van der Waals surface area contributed by atoms with E-state index in [9.17, 15) is 18.8 Å². The van der Waals surface area contributed by atoms with E-state index in [4.69, 9.17) is 16.3 Å². The lowest BCUT2D eigenvalue weighted by Crippen LogP contribution is -2.41. The van der Waals surface area contributed by atoms with Crippen LogP contribution in [0.4, 0.5) is 10.1 Å². The zero-order valence-corrected chi connectivity index (χ0v) is 17.2. The molecule has 9 heteroatoms. The lowest BCUT2D eigenvalue weighted by atomic mass is 10.1. The van der Waals surface area contributed by atoms with Gasteiger partial charge < -0.3 is 15.0 Å². The van der Waals surface area contributed by atoms with Crippen LogP contribution in [0.2, 0.25) is 5.02 Å². The fourth-order valence-corrected chi connectivity index (χ4v) is 3.71. The fraction of sp³-hybridized carbons (Fsp3) is 0.227. The third-order valence-corrected chi connectivity index (χ3v) is 5.34. The van der Waals surface area contributed by atoms with Crippen LogP contribution in [0.25, 0.3) is 10.9 Å². The number of hydrogen-bond acceptors (Lipinski definition) is 4. The number of benzene rings is 2. The van der Waals surface area contributed by atoms with E-state index in [2.05, 4.69) is 5.32 Å². The number of carbonyl (C=O) groups is 2. The van der Waals surface area contributed by atoms with Gasteiger partial charge in [-0.25, -0.2) is 4.39 Å². The van der Waals surface area contributed by atoms with E-state index in [0.29, 0.717) is 48.5 Å². The Morgan fingerprint density at radius 2 is 1.84 bits per heavy atom. The summed E-state index contributed by atoms with van der Waals surface area (Å²) in [6.07, 6.45) is 0. The van der Waals surface area contributed by atoms with Gasteiger partial charge in [0.25, 0.3) is 11.5 Å². The zero-order chi connectivity index (χ0) is 22.0. The summed E-state index contributed by atoms with van der Waals surface area (Å²) in [4.78, 5) is 40.0. The van der Waals surface area contributed by atoms with Gasteiger partial charge in [0.05, 0.1) is 29.3 Å². The maximum absolute atomic E-state index is 13.3. The quantitative estimate of drug-likeness (QED) is 0.672. The van der Waals surface area contributed by atoms with E-state index in [1.807, 2.05) is 0 Å². The molecular formula is C22H19ClFN3O4. The van der Waals surface area contributed by atoms with E-state index in [0.717, 1.165) is 6.07 Å². The van der Waals surface area contributed by atoms with Crippen molar-refractivity contribution in [2.45, 2.75) is 6.54 Å². The predicted molar refractivity (Wildman–Crippen MR) is 115 cm³/mol. The van der Waals surface area contributed by atoms with E-state index >= 15 is 0 Å². The molecule has 0 spiro atoms. The van der Waals surface area contributed by atoms with Gasteiger partial charge in [-0.2, -0.15) is 0 Å². The molecule has 0 unspecified atom stereocenters. The summed E-state index contributed by atoms with van der Waals surface area (Å²) in [6, 6.07) is 12.0. The van der Waals surface area contributed by atoms with Crippen LogP contribution in [0.3, 0.4) is 0 Å². The van der Waals surface area contributed by atoms with Crippen LogP contribution in [0.1, 0.15) is 10.4 Å². The number of hydrogen-bond donors (Lipinski definition) is 1. The number of carbonyl (C=O) groups excluding carboxylic acids is 2. The van der Waals surface area contributed by atoms with E-state index < -0.39 is 17.3 Å². The lowest BCUT2D eigenvalue weighted by Gasteiger charge is -2.27. The molecule has 1 aromatic heterocycles. The van der Waals surface area contributed by atoms with Crippen LogP contribution in [0.15, 0.2) is 53.3 Å². The lowest BCUT2D eigenvalue weighted by molar-refractivity contribution is -0.116. The second-order valence-electron chi connectivity index (χ2n) is 7.08. The first-order chi connectivity index (χ1) is 14.9. The first-order valence-corrected chi connectivity index (χ1v) is 10.1. The summed E-state index contributed by atoms with van der Waals surface area (Å²) in [6.45, 7) is 1.54. The number of para-hydroxylation sites is 1. The highest BCUT2D eigenvalue weighted by atomic mass is 35.5. The van der Waals surface area contributed by atoms with E-state index in [-0.39, 0.29) is 17.5 Å². The highest BCUT2D eigenvalue weighted by molar-refractivity contribution is 6.31. The molecule has 1 fully saturated rings. The Labute approximate surface area is 182 Å². The summed E-state index contributed by atoms with van der Waals surface area (Å²) in [5.74, 6) is -1.32. The van der Waals surface area contributed by atoms with Crippen molar-refractivity contribution in [2.75, 3.05) is 31.6 Å². The van der Waals surface area contributed by atoms with Crippen LogP contribution in [0, 0.1) is 5.82 Å². The van der Waals surface area contributed by atoms with Gasteiger partial charge >= 0.3 is 0 Å². The fourth-order valence-electron chi connectivity index (χ4n) is 3.53. The average Bonchev–Trinajstić information content (AvgIpc) is 2.78. The molecule has 2 heterocycles. The number of nitrogens with zero attached hydrogens (tertiary/aromatic N) is 2. The molecule has 0 atom stereocenters. The first kappa shape index (κ1) is 21.0. The van der Waals surface area contributed by atoms with Gasteiger partial charge in [-0.3, -0.25) is 19.0 Å². The van der Waals surface area contributed by atoms with Gasteiger partial charge in [-0.05, 0) is 24.3 Å². The number of rotatable bonds is 4. The normalized spacial score (nSPS) is 13.9. The molecule has 3 aromatic rings. The van der Waals surface area contributed by atoms with Gasteiger partial charge in [0, 0.05) is 30.2 Å². The molecule has 1 N–H and O–H groups in total. The summed E-state index contributed by atoms with van der Waals surface area (Å²) in [5, 5.41) is 3.06. The highest BCUT2D eigenvalue weighted by Crippen LogP contribution is 2.21. The molecule has 160 valence electrons. The topological polar surface area (TPSA) is 80.6 Å². The number of pyridine rings is 1. The van der Waals surface area contributed by atoms with Gasteiger partial charge in [0.2, 0.25) is 5.91 Å². The van der Waals surface area contributed by atoms with Gasteiger partial charge in [-0.15, -0.1) is 0 Å². The molecule has 1 aliphatic rings. The number of aromatic nitrogens is 1. The van der Waals surface area contributed by atoms with Crippen molar-refractivity contribution in [2.24, 2.45) is 0 Å².